The van der Waals surface area contributed by atoms with Crippen LogP contribution in [0.25, 0.3) is 11.0 Å². The summed E-state index contributed by atoms with van der Waals surface area (Å²) in [6.45, 7) is 3.21. The van der Waals surface area contributed by atoms with Crippen molar-refractivity contribution in [1.29, 1.82) is 0 Å². The molecule has 0 aliphatic carbocycles. The molecule has 5 rings (SSSR count). The number of hydrogen-bond acceptors (Lipinski definition) is 10. The SMILES string of the molecule is CSN(C)c1c(Nc2nc(Nc3cccc(C(=O)N4CCN(C)CC4)c3)ncc2Br)ccc2nccnc12. The van der Waals surface area contributed by atoms with Gasteiger partial charge in [0.25, 0.3) is 5.91 Å². The molecule has 0 unspecified atom stereocenters. The van der Waals surface area contributed by atoms with Crippen molar-refractivity contribution in [3.05, 3.63) is 65.0 Å². The van der Waals surface area contributed by atoms with Crippen LogP contribution in [0.1, 0.15) is 10.4 Å². The topological polar surface area (TPSA) is 102 Å². The Kier molecular flexibility index (Phi) is 7.91. The number of piperazine rings is 1. The number of aromatic nitrogens is 4. The summed E-state index contributed by atoms with van der Waals surface area (Å²) < 4.78 is 2.75. The van der Waals surface area contributed by atoms with E-state index < -0.39 is 0 Å². The van der Waals surface area contributed by atoms with Crippen molar-refractivity contribution in [2.45, 2.75) is 0 Å². The van der Waals surface area contributed by atoms with E-state index in [1.54, 1.807) is 30.5 Å². The zero-order valence-corrected chi connectivity index (χ0v) is 23.8. The lowest BCUT2D eigenvalue weighted by Gasteiger charge is -2.32. The van der Waals surface area contributed by atoms with Crippen LogP contribution in [0.2, 0.25) is 0 Å². The molecule has 38 heavy (non-hydrogen) atoms. The molecule has 2 aromatic heterocycles. The summed E-state index contributed by atoms with van der Waals surface area (Å²) in [5, 5.41) is 6.67. The molecule has 2 N–H and O–H groups in total. The minimum atomic E-state index is 0.0330. The zero-order valence-electron chi connectivity index (χ0n) is 21.3. The fraction of sp³-hybridized carbons (Fsp3) is 0.269. The molecule has 10 nitrogen and oxygen atoms in total. The van der Waals surface area contributed by atoms with Crippen LogP contribution < -0.4 is 14.9 Å². The van der Waals surface area contributed by atoms with Crippen molar-refractivity contribution in [3.8, 4) is 0 Å². The Morgan fingerprint density at radius 2 is 1.84 bits per heavy atom. The first-order chi connectivity index (χ1) is 18.4. The summed E-state index contributed by atoms with van der Waals surface area (Å²) in [4.78, 5) is 35.3. The van der Waals surface area contributed by atoms with E-state index in [0.29, 0.717) is 21.8 Å². The number of nitrogens with zero attached hydrogens (tertiary/aromatic N) is 7. The van der Waals surface area contributed by atoms with Crippen LogP contribution in [0.4, 0.5) is 28.8 Å². The van der Waals surface area contributed by atoms with E-state index in [4.69, 9.17) is 4.98 Å². The first-order valence-electron chi connectivity index (χ1n) is 12.1. The molecule has 1 aliphatic rings. The molecule has 2 aromatic carbocycles. The summed E-state index contributed by atoms with van der Waals surface area (Å²) in [7, 11) is 4.06. The molecule has 196 valence electrons. The van der Waals surface area contributed by atoms with Crippen LogP contribution in [0.15, 0.2) is 59.5 Å². The van der Waals surface area contributed by atoms with Crippen LogP contribution >= 0.6 is 27.9 Å². The van der Waals surface area contributed by atoms with Gasteiger partial charge in [-0.25, -0.2) is 4.98 Å². The molecule has 1 fully saturated rings. The molecular formula is C26H28BrN9OS. The number of rotatable bonds is 7. The van der Waals surface area contributed by atoms with Crippen molar-refractivity contribution in [2.24, 2.45) is 0 Å². The quantitative estimate of drug-likeness (QED) is 0.291. The number of amides is 1. The third-order valence-corrected chi connectivity index (χ3v) is 7.67. The Balaban J connectivity index is 1.39. The molecule has 0 radical (unpaired) electrons. The Bertz CT molecular complexity index is 1460. The minimum absolute atomic E-state index is 0.0330. The summed E-state index contributed by atoms with van der Waals surface area (Å²) in [5.41, 5.74) is 4.71. The first-order valence-corrected chi connectivity index (χ1v) is 14.1. The number of carbonyl (C=O) groups is 1. The molecule has 1 aliphatic heterocycles. The predicted molar refractivity (Wildman–Crippen MR) is 158 cm³/mol. The fourth-order valence-corrected chi connectivity index (χ4v) is 4.88. The number of anilines is 5. The van der Waals surface area contributed by atoms with Gasteiger partial charge in [-0.05, 0) is 53.3 Å². The van der Waals surface area contributed by atoms with Crippen LogP contribution in [0.3, 0.4) is 0 Å². The van der Waals surface area contributed by atoms with Gasteiger partial charge in [0.15, 0.2) is 0 Å². The molecule has 3 heterocycles. The smallest absolute Gasteiger partial charge is 0.254 e. The maximum Gasteiger partial charge on any atom is 0.254 e. The van der Waals surface area contributed by atoms with E-state index in [-0.39, 0.29) is 5.91 Å². The lowest BCUT2D eigenvalue weighted by molar-refractivity contribution is 0.0664. The molecule has 1 saturated heterocycles. The minimum Gasteiger partial charge on any atom is -0.337 e. The second-order valence-corrected chi connectivity index (χ2v) is 10.6. The summed E-state index contributed by atoms with van der Waals surface area (Å²) in [5.74, 6) is 1.03. The fourth-order valence-electron chi connectivity index (χ4n) is 4.23. The van der Waals surface area contributed by atoms with Gasteiger partial charge in [-0.15, -0.1) is 0 Å². The van der Waals surface area contributed by atoms with Crippen molar-refractivity contribution in [2.75, 3.05) is 61.5 Å². The van der Waals surface area contributed by atoms with Gasteiger partial charge in [0.2, 0.25) is 5.95 Å². The third-order valence-electron chi connectivity index (χ3n) is 6.36. The second kappa shape index (κ2) is 11.5. The van der Waals surface area contributed by atoms with Crippen molar-refractivity contribution in [3.63, 3.8) is 0 Å². The molecule has 0 saturated carbocycles. The standard InChI is InChI=1S/C26H28BrN9OS/c1-34-11-13-36(14-12-34)25(37)17-5-4-6-18(15-17)31-26-30-16-19(27)24(33-26)32-21-8-7-20-22(29-10-9-28-20)23(21)35(2)38-3/h4-10,15-16H,11-14H2,1-3H3,(H2,30,31,32,33). The first kappa shape index (κ1) is 26.1. The van der Waals surface area contributed by atoms with E-state index in [1.807, 2.05) is 58.9 Å². The van der Waals surface area contributed by atoms with Crippen molar-refractivity contribution in [1.82, 2.24) is 29.7 Å². The number of fused-ring (bicyclic) bond motifs is 1. The van der Waals surface area contributed by atoms with E-state index in [0.717, 1.165) is 54.3 Å². The van der Waals surface area contributed by atoms with Gasteiger partial charge in [-0.1, -0.05) is 18.0 Å². The Hall–Kier alpha value is -3.48. The van der Waals surface area contributed by atoms with Gasteiger partial charge >= 0.3 is 0 Å². The normalized spacial score (nSPS) is 13.9. The van der Waals surface area contributed by atoms with E-state index in [2.05, 4.69) is 53.5 Å². The highest BCUT2D eigenvalue weighted by molar-refractivity contribution is 9.10. The Labute approximate surface area is 234 Å². The molecule has 1 amide bonds. The average Bonchev–Trinajstić information content (AvgIpc) is 2.94. The van der Waals surface area contributed by atoms with Crippen LogP contribution in [-0.4, -0.2) is 82.2 Å². The van der Waals surface area contributed by atoms with Crippen LogP contribution in [0, 0.1) is 0 Å². The Morgan fingerprint density at radius 3 is 2.63 bits per heavy atom. The van der Waals surface area contributed by atoms with Gasteiger partial charge in [0.05, 0.1) is 21.4 Å². The summed E-state index contributed by atoms with van der Waals surface area (Å²) in [6.07, 6.45) is 7.07. The molecule has 0 atom stereocenters. The van der Waals surface area contributed by atoms with Crippen LogP contribution in [0.5, 0.6) is 0 Å². The maximum absolute atomic E-state index is 13.0. The highest BCUT2D eigenvalue weighted by Crippen LogP contribution is 2.37. The predicted octanol–water partition coefficient (Wildman–Crippen LogP) is 4.77. The molecule has 4 aromatic rings. The summed E-state index contributed by atoms with van der Waals surface area (Å²) in [6, 6.07) is 11.3. The van der Waals surface area contributed by atoms with E-state index in [9.17, 15) is 4.79 Å². The van der Waals surface area contributed by atoms with E-state index >= 15 is 0 Å². The van der Waals surface area contributed by atoms with Gasteiger partial charge in [-0.2, -0.15) is 4.98 Å². The average molecular weight is 595 g/mol. The van der Waals surface area contributed by atoms with E-state index in [1.165, 1.54) is 0 Å². The van der Waals surface area contributed by atoms with Gasteiger partial charge < -0.3 is 24.7 Å². The second-order valence-electron chi connectivity index (χ2n) is 8.88. The Morgan fingerprint density at radius 1 is 1.05 bits per heavy atom. The number of nitrogens with one attached hydrogen (secondary N) is 2. The highest BCUT2D eigenvalue weighted by atomic mass is 79.9. The zero-order chi connectivity index (χ0) is 26.6. The lowest BCUT2D eigenvalue weighted by atomic mass is 10.1. The molecule has 0 spiro atoms. The van der Waals surface area contributed by atoms with Gasteiger partial charge in [0.1, 0.15) is 11.3 Å². The van der Waals surface area contributed by atoms with Crippen molar-refractivity contribution >= 4 is 73.6 Å². The molecule has 0 bridgehead atoms. The number of hydrogen-bond donors (Lipinski definition) is 2. The lowest BCUT2D eigenvalue weighted by Crippen LogP contribution is -2.47. The van der Waals surface area contributed by atoms with Gasteiger partial charge in [-0.3, -0.25) is 14.8 Å². The van der Waals surface area contributed by atoms with Crippen LogP contribution in [-0.2, 0) is 0 Å². The maximum atomic E-state index is 13.0. The highest BCUT2D eigenvalue weighted by Gasteiger charge is 2.21. The van der Waals surface area contributed by atoms with Crippen molar-refractivity contribution < 1.29 is 4.79 Å². The number of carbonyl (C=O) groups excluding carboxylic acids is 1. The number of likely N-dealkylation sites (N-methyl/N-ethyl adjacent to an activating group) is 1. The number of halogens is 1. The summed E-state index contributed by atoms with van der Waals surface area (Å²) >= 11 is 5.14. The largest absolute Gasteiger partial charge is 0.337 e. The van der Waals surface area contributed by atoms with Gasteiger partial charge in [0, 0.05) is 69.3 Å². The molecular weight excluding hydrogens is 566 g/mol. The molecule has 12 heteroatoms. The third kappa shape index (κ3) is 5.66. The number of benzene rings is 2. The monoisotopic (exact) mass is 593 g/mol.